The van der Waals surface area contributed by atoms with Gasteiger partial charge in [-0.3, -0.25) is 14.5 Å². The third-order valence-corrected chi connectivity index (χ3v) is 5.54. The molecule has 3 aromatic rings. The molecule has 1 saturated heterocycles. The van der Waals surface area contributed by atoms with Crippen molar-refractivity contribution in [2.24, 2.45) is 0 Å². The van der Waals surface area contributed by atoms with Gasteiger partial charge in [0.05, 0.1) is 25.8 Å². The van der Waals surface area contributed by atoms with Crippen LogP contribution in [0.5, 0.6) is 11.5 Å². The van der Waals surface area contributed by atoms with Crippen LogP contribution >= 0.6 is 0 Å². The zero-order valence-electron chi connectivity index (χ0n) is 18.0. The predicted molar refractivity (Wildman–Crippen MR) is 122 cm³/mol. The Kier molecular flexibility index (Phi) is 5.69. The third kappa shape index (κ3) is 3.60. The summed E-state index contributed by atoms with van der Waals surface area (Å²) in [5.74, 6) is -0.694. The van der Waals surface area contributed by atoms with Gasteiger partial charge in [-0.1, -0.05) is 48.0 Å². The van der Waals surface area contributed by atoms with Crippen molar-refractivity contribution in [2.75, 3.05) is 19.1 Å². The van der Waals surface area contributed by atoms with E-state index in [9.17, 15) is 14.7 Å². The first-order valence-corrected chi connectivity index (χ1v) is 10.1. The molecule has 6 heteroatoms. The van der Waals surface area contributed by atoms with Crippen LogP contribution in [-0.4, -0.2) is 31.0 Å². The number of hydrogen-bond donors (Lipinski definition) is 1. The quantitative estimate of drug-likeness (QED) is 0.363. The Morgan fingerprint density at radius 3 is 2.22 bits per heavy atom. The van der Waals surface area contributed by atoms with Gasteiger partial charge in [0.2, 0.25) is 0 Å². The second-order valence-electron chi connectivity index (χ2n) is 7.48. The Balaban J connectivity index is 1.98. The summed E-state index contributed by atoms with van der Waals surface area (Å²) in [6.07, 6.45) is 0. The average molecular weight is 429 g/mol. The summed E-state index contributed by atoms with van der Waals surface area (Å²) < 4.78 is 10.9. The molecule has 0 bridgehead atoms. The number of aryl methyl sites for hydroxylation is 1. The largest absolute Gasteiger partial charge is 0.507 e. The molecule has 1 heterocycles. The number of para-hydroxylation sites is 1. The number of methoxy groups -OCH3 is 2. The number of Topliss-reactive ketones (excluding diaryl/α,β-unsaturated/α-hetero) is 1. The highest BCUT2D eigenvalue weighted by Crippen LogP contribution is 2.45. The maximum atomic E-state index is 13.2. The minimum Gasteiger partial charge on any atom is -0.507 e. The maximum Gasteiger partial charge on any atom is 0.300 e. The molecule has 1 aliphatic heterocycles. The van der Waals surface area contributed by atoms with Crippen LogP contribution in [0, 0.1) is 6.92 Å². The predicted octanol–water partition coefficient (Wildman–Crippen LogP) is 4.64. The van der Waals surface area contributed by atoms with Gasteiger partial charge < -0.3 is 14.6 Å². The topological polar surface area (TPSA) is 76.1 Å². The molecule has 0 radical (unpaired) electrons. The van der Waals surface area contributed by atoms with Gasteiger partial charge in [-0.2, -0.15) is 0 Å². The molecule has 1 atom stereocenters. The number of aliphatic hydroxyl groups is 1. The Hall–Kier alpha value is -4.06. The molecular formula is C26H23NO5. The molecule has 1 fully saturated rings. The first kappa shape index (κ1) is 21.2. The monoisotopic (exact) mass is 429 g/mol. The van der Waals surface area contributed by atoms with E-state index in [2.05, 4.69) is 0 Å². The van der Waals surface area contributed by atoms with Crippen LogP contribution in [0.3, 0.4) is 0 Å². The standard InChI is InChI=1S/C26H23NO5/c1-16-9-11-17(12-10-16)24(28)22-23(20-14-13-19(31-2)15-21(20)32-3)27(26(30)25(22)29)18-7-5-4-6-8-18/h4-15,23,28H,1-3H3/b24-22-. The molecule has 4 rings (SSSR count). The van der Waals surface area contributed by atoms with Gasteiger partial charge in [0.1, 0.15) is 17.3 Å². The Bertz CT molecular complexity index is 1200. The second kappa shape index (κ2) is 8.59. The van der Waals surface area contributed by atoms with Crippen LogP contribution in [-0.2, 0) is 9.59 Å². The van der Waals surface area contributed by atoms with E-state index < -0.39 is 17.7 Å². The Morgan fingerprint density at radius 1 is 0.906 bits per heavy atom. The molecule has 0 aromatic heterocycles. The highest BCUT2D eigenvalue weighted by Gasteiger charge is 2.47. The highest BCUT2D eigenvalue weighted by molar-refractivity contribution is 6.51. The SMILES string of the molecule is COc1ccc(C2/C(=C(/O)c3ccc(C)cc3)C(=O)C(=O)N2c2ccccc2)c(OC)c1. The van der Waals surface area contributed by atoms with Gasteiger partial charge in [-0.25, -0.2) is 0 Å². The fourth-order valence-electron chi connectivity index (χ4n) is 3.89. The summed E-state index contributed by atoms with van der Waals surface area (Å²) >= 11 is 0. The number of carbonyl (C=O) groups is 2. The van der Waals surface area contributed by atoms with Crippen molar-refractivity contribution in [1.82, 2.24) is 0 Å². The maximum absolute atomic E-state index is 13.2. The van der Waals surface area contributed by atoms with Crippen molar-refractivity contribution in [3.8, 4) is 11.5 Å². The lowest BCUT2D eigenvalue weighted by molar-refractivity contribution is -0.132. The number of amides is 1. The number of hydrogen-bond acceptors (Lipinski definition) is 5. The number of ketones is 1. The lowest BCUT2D eigenvalue weighted by Crippen LogP contribution is -2.29. The number of nitrogens with zero attached hydrogens (tertiary/aromatic N) is 1. The van der Waals surface area contributed by atoms with Gasteiger partial charge in [-0.15, -0.1) is 0 Å². The van der Waals surface area contributed by atoms with E-state index in [-0.39, 0.29) is 11.3 Å². The Morgan fingerprint density at radius 2 is 1.59 bits per heavy atom. The van der Waals surface area contributed by atoms with Crippen LogP contribution in [0.15, 0.2) is 78.4 Å². The van der Waals surface area contributed by atoms with Gasteiger partial charge in [-0.05, 0) is 31.2 Å². The molecular weight excluding hydrogens is 406 g/mol. The minimum absolute atomic E-state index is 0.00572. The highest BCUT2D eigenvalue weighted by atomic mass is 16.5. The van der Waals surface area contributed by atoms with E-state index >= 15 is 0 Å². The van der Waals surface area contributed by atoms with Crippen molar-refractivity contribution in [1.29, 1.82) is 0 Å². The van der Waals surface area contributed by atoms with Gasteiger partial charge >= 0.3 is 0 Å². The molecule has 1 unspecified atom stereocenters. The lowest BCUT2D eigenvalue weighted by Gasteiger charge is -2.26. The van der Waals surface area contributed by atoms with Crippen molar-refractivity contribution < 1.29 is 24.2 Å². The number of rotatable bonds is 5. The molecule has 0 saturated carbocycles. The molecule has 32 heavy (non-hydrogen) atoms. The van der Waals surface area contributed by atoms with Crippen molar-refractivity contribution >= 4 is 23.1 Å². The zero-order valence-corrected chi connectivity index (χ0v) is 18.0. The van der Waals surface area contributed by atoms with Gasteiger partial charge in [0.25, 0.3) is 11.7 Å². The smallest absolute Gasteiger partial charge is 0.300 e. The summed E-state index contributed by atoms with van der Waals surface area (Å²) in [4.78, 5) is 27.8. The molecule has 0 aliphatic carbocycles. The molecule has 1 N–H and O–H groups in total. The fourth-order valence-corrected chi connectivity index (χ4v) is 3.89. The number of carbonyl (C=O) groups excluding carboxylic acids is 2. The van der Waals surface area contributed by atoms with Gasteiger partial charge in [0.15, 0.2) is 0 Å². The van der Waals surface area contributed by atoms with E-state index in [1.807, 2.05) is 25.1 Å². The molecule has 1 amide bonds. The lowest BCUT2D eigenvalue weighted by atomic mass is 9.94. The normalized spacial score (nSPS) is 17.5. The van der Waals surface area contributed by atoms with E-state index in [4.69, 9.17) is 9.47 Å². The summed E-state index contributed by atoms with van der Waals surface area (Å²) in [5, 5.41) is 11.2. The molecule has 162 valence electrons. The second-order valence-corrected chi connectivity index (χ2v) is 7.48. The van der Waals surface area contributed by atoms with Crippen LogP contribution in [0.4, 0.5) is 5.69 Å². The number of benzene rings is 3. The van der Waals surface area contributed by atoms with E-state index in [0.29, 0.717) is 28.3 Å². The third-order valence-electron chi connectivity index (χ3n) is 5.54. The van der Waals surface area contributed by atoms with Crippen LogP contribution in [0.1, 0.15) is 22.7 Å². The minimum atomic E-state index is -0.875. The van der Waals surface area contributed by atoms with Crippen molar-refractivity contribution in [3.63, 3.8) is 0 Å². The molecule has 1 aliphatic rings. The number of aliphatic hydroxyl groups excluding tert-OH is 1. The average Bonchev–Trinajstić information content (AvgIpc) is 3.09. The van der Waals surface area contributed by atoms with Crippen LogP contribution in [0.25, 0.3) is 5.76 Å². The first-order chi connectivity index (χ1) is 15.5. The number of anilines is 1. The van der Waals surface area contributed by atoms with Crippen LogP contribution < -0.4 is 14.4 Å². The number of ether oxygens (including phenoxy) is 2. The summed E-state index contributed by atoms with van der Waals surface area (Å²) in [5.41, 5.74) is 2.58. The zero-order chi connectivity index (χ0) is 22.8. The fraction of sp³-hybridized carbons (Fsp3) is 0.154. The molecule has 3 aromatic carbocycles. The van der Waals surface area contributed by atoms with E-state index in [1.54, 1.807) is 61.7 Å². The molecule has 6 nitrogen and oxygen atoms in total. The summed E-state index contributed by atoms with van der Waals surface area (Å²) in [6.45, 7) is 1.93. The summed E-state index contributed by atoms with van der Waals surface area (Å²) in [6, 6.07) is 20.3. The molecule has 0 spiro atoms. The van der Waals surface area contributed by atoms with Crippen molar-refractivity contribution in [2.45, 2.75) is 13.0 Å². The van der Waals surface area contributed by atoms with E-state index in [1.165, 1.54) is 12.0 Å². The Labute approximate surface area is 186 Å². The van der Waals surface area contributed by atoms with Gasteiger partial charge in [0, 0.05) is 22.9 Å². The first-order valence-electron chi connectivity index (χ1n) is 10.1. The van der Waals surface area contributed by atoms with E-state index in [0.717, 1.165) is 5.56 Å². The van der Waals surface area contributed by atoms with Crippen LogP contribution in [0.2, 0.25) is 0 Å². The summed E-state index contributed by atoms with van der Waals surface area (Å²) in [7, 11) is 3.05. The van der Waals surface area contributed by atoms with Crippen molar-refractivity contribution in [3.05, 3.63) is 95.1 Å².